The van der Waals surface area contributed by atoms with Crippen LogP contribution in [0.2, 0.25) is 0 Å². The Bertz CT molecular complexity index is 923. The number of amides is 1. The molecule has 2 aromatic rings. The fraction of sp³-hybridized carbons (Fsp3) is 0.381. The van der Waals surface area contributed by atoms with E-state index in [-0.39, 0.29) is 16.8 Å². The van der Waals surface area contributed by atoms with Crippen LogP contribution in [0.5, 0.6) is 0 Å². The second-order valence-corrected chi connectivity index (χ2v) is 8.91. The molecule has 0 atom stereocenters. The van der Waals surface area contributed by atoms with E-state index in [4.69, 9.17) is 0 Å². The minimum atomic E-state index is -3.82. The van der Waals surface area contributed by atoms with Gasteiger partial charge >= 0.3 is 0 Å². The number of hydrogen-bond acceptors (Lipinski definition) is 4. The van der Waals surface area contributed by atoms with Gasteiger partial charge in [-0.15, -0.1) is 0 Å². The number of carbonyl (C=O) groups excluding carboxylic acids is 1. The van der Waals surface area contributed by atoms with Crippen LogP contribution in [0.1, 0.15) is 36.5 Å². The average Bonchev–Trinajstić information content (AvgIpc) is 2.70. The zero-order valence-electron chi connectivity index (χ0n) is 16.4. The third-order valence-electron chi connectivity index (χ3n) is 4.99. The van der Waals surface area contributed by atoms with Crippen LogP contribution in [-0.2, 0) is 10.0 Å². The number of halogens is 1. The van der Waals surface area contributed by atoms with Gasteiger partial charge in [0.2, 0.25) is 0 Å². The summed E-state index contributed by atoms with van der Waals surface area (Å²) in [4.78, 5) is 14.8. The number of piperidine rings is 1. The van der Waals surface area contributed by atoms with Crippen molar-refractivity contribution in [3.05, 3.63) is 59.9 Å². The van der Waals surface area contributed by atoms with Gasteiger partial charge in [-0.1, -0.05) is 6.92 Å². The van der Waals surface area contributed by atoms with Gasteiger partial charge in [0.05, 0.1) is 4.90 Å². The van der Waals surface area contributed by atoms with E-state index >= 15 is 0 Å². The van der Waals surface area contributed by atoms with Crippen LogP contribution in [0.4, 0.5) is 10.1 Å². The highest BCUT2D eigenvalue weighted by Gasteiger charge is 2.21. The first-order chi connectivity index (χ1) is 13.9. The summed E-state index contributed by atoms with van der Waals surface area (Å²) in [6.45, 7) is 5.24. The van der Waals surface area contributed by atoms with Crippen molar-refractivity contribution in [2.75, 3.05) is 24.4 Å². The van der Waals surface area contributed by atoms with Crippen LogP contribution >= 0.6 is 0 Å². The molecule has 1 aliphatic rings. The Labute approximate surface area is 171 Å². The maximum Gasteiger partial charge on any atom is 0.261 e. The van der Waals surface area contributed by atoms with E-state index in [0.29, 0.717) is 11.3 Å². The summed E-state index contributed by atoms with van der Waals surface area (Å²) >= 11 is 0. The Morgan fingerprint density at radius 1 is 1.07 bits per heavy atom. The van der Waals surface area contributed by atoms with Gasteiger partial charge in [-0.3, -0.25) is 9.52 Å². The normalized spacial score (nSPS) is 15.8. The van der Waals surface area contributed by atoms with E-state index in [0.717, 1.165) is 51.0 Å². The van der Waals surface area contributed by atoms with Crippen molar-refractivity contribution in [2.24, 2.45) is 0 Å². The van der Waals surface area contributed by atoms with Crippen molar-refractivity contribution in [1.29, 1.82) is 0 Å². The van der Waals surface area contributed by atoms with Crippen molar-refractivity contribution in [1.82, 2.24) is 10.2 Å². The second-order valence-electron chi connectivity index (χ2n) is 7.23. The molecule has 1 aliphatic heterocycles. The molecule has 0 aliphatic carbocycles. The molecular formula is C21H26FN3O3S. The maximum absolute atomic E-state index is 13.0. The molecule has 2 N–H and O–H groups in total. The lowest BCUT2D eigenvalue weighted by atomic mass is 10.0. The summed E-state index contributed by atoms with van der Waals surface area (Å²) in [5.41, 5.74) is 0.810. The summed E-state index contributed by atoms with van der Waals surface area (Å²) in [6, 6.07) is 11.0. The lowest BCUT2D eigenvalue weighted by Gasteiger charge is -2.32. The Hall–Kier alpha value is -2.45. The number of sulfonamides is 1. The minimum Gasteiger partial charge on any atom is -0.349 e. The molecule has 3 rings (SSSR count). The van der Waals surface area contributed by atoms with E-state index in [2.05, 4.69) is 21.9 Å². The molecule has 1 amide bonds. The number of nitrogens with one attached hydrogen (secondary N) is 2. The predicted octanol–water partition coefficient (Wildman–Crippen LogP) is 3.23. The van der Waals surface area contributed by atoms with Gasteiger partial charge in [0.25, 0.3) is 15.9 Å². The summed E-state index contributed by atoms with van der Waals surface area (Å²) in [5, 5.41) is 3.06. The van der Waals surface area contributed by atoms with E-state index in [1.807, 2.05) is 0 Å². The summed E-state index contributed by atoms with van der Waals surface area (Å²) in [6.07, 6.45) is 3.00. The van der Waals surface area contributed by atoms with Crippen LogP contribution in [0.25, 0.3) is 0 Å². The second kappa shape index (κ2) is 9.37. The molecule has 8 heteroatoms. The monoisotopic (exact) mass is 419 g/mol. The van der Waals surface area contributed by atoms with E-state index in [1.54, 1.807) is 24.3 Å². The van der Waals surface area contributed by atoms with Crippen molar-refractivity contribution >= 4 is 21.6 Å². The Balaban J connectivity index is 1.57. The molecule has 0 spiro atoms. The standard InChI is InChI=1S/C21H26FN3O3S/c1-2-13-25-14-11-18(12-15-25)23-21(26)16-3-7-19(8-4-16)24-29(27,28)20-9-5-17(22)6-10-20/h3-10,18,24H,2,11-15H2,1H3,(H,23,26). The highest BCUT2D eigenvalue weighted by Crippen LogP contribution is 2.18. The average molecular weight is 420 g/mol. The fourth-order valence-corrected chi connectivity index (χ4v) is 4.46. The molecule has 2 aromatic carbocycles. The largest absolute Gasteiger partial charge is 0.349 e. The third-order valence-corrected chi connectivity index (χ3v) is 6.38. The molecule has 0 aromatic heterocycles. The topological polar surface area (TPSA) is 78.5 Å². The van der Waals surface area contributed by atoms with E-state index in [9.17, 15) is 17.6 Å². The smallest absolute Gasteiger partial charge is 0.261 e. The van der Waals surface area contributed by atoms with Crippen molar-refractivity contribution < 1.29 is 17.6 Å². The van der Waals surface area contributed by atoms with Gasteiger partial charge in [0, 0.05) is 30.4 Å². The van der Waals surface area contributed by atoms with Crippen molar-refractivity contribution in [2.45, 2.75) is 37.1 Å². The summed E-state index contributed by atoms with van der Waals surface area (Å²) in [7, 11) is -3.82. The van der Waals surface area contributed by atoms with Gasteiger partial charge in [-0.2, -0.15) is 0 Å². The van der Waals surface area contributed by atoms with Gasteiger partial charge < -0.3 is 10.2 Å². The number of rotatable bonds is 7. The van der Waals surface area contributed by atoms with Crippen LogP contribution in [-0.4, -0.2) is 44.9 Å². The predicted molar refractivity (Wildman–Crippen MR) is 111 cm³/mol. The van der Waals surface area contributed by atoms with Crippen LogP contribution < -0.4 is 10.0 Å². The third kappa shape index (κ3) is 5.77. The Kier molecular flexibility index (Phi) is 6.87. The summed E-state index contributed by atoms with van der Waals surface area (Å²) in [5.74, 6) is -0.665. The summed E-state index contributed by atoms with van der Waals surface area (Å²) < 4.78 is 40.1. The molecule has 0 unspecified atom stereocenters. The molecule has 1 heterocycles. The van der Waals surface area contributed by atoms with E-state index in [1.165, 1.54) is 12.1 Å². The lowest BCUT2D eigenvalue weighted by molar-refractivity contribution is 0.0911. The lowest BCUT2D eigenvalue weighted by Crippen LogP contribution is -2.44. The number of benzene rings is 2. The molecule has 0 radical (unpaired) electrons. The van der Waals surface area contributed by atoms with Crippen molar-refractivity contribution in [3.63, 3.8) is 0 Å². The Morgan fingerprint density at radius 2 is 1.69 bits per heavy atom. The molecule has 29 heavy (non-hydrogen) atoms. The van der Waals surface area contributed by atoms with Gasteiger partial charge in [0.1, 0.15) is 5.82 Å². The first kappa shape index (κ1) is 21.3. The molecule has 0 saturated carbocycles. The number of hydrogen-bond donors (Lipinski definition) is 2. The zero-order valence-corrected chi connectivity index (χ0v) is 17.2. The molecule has 1 fully saturated rings. The van der Waals surface area contributed by atoms with E-state index < -0.39 is 15.8 Å². The number of nitrogens with zero attached hydrogens (tertiary/aromatic N) is 1. The maximum atomic E-state index is 13.0. The number of likely N-dealkylation sites (tertiary alicyclic amines) is 1. The number of anilines is 1. The SMILES string of the molecule is CCCN1CCC(NC(=O)c2ccc(NS(=O)(=O)c3ccc(F)cc3)cc2)CC1. The van der Waals surface area contributed by atoms with Crippen molar-refractivity contribution in [3.8, 4) is 0 Å². The van der Waals surface area contributed by atoms with Gasteiger partial charge in [-0.05, 0) is 74.3 Å². The molecule has 1 saturated heterocycles. The Morgan fingerprint density at radius 3 is 2.28 bits per heavy atom. The minimum absolute atomic E-state index is 0.0323. The van der Waals surface area contributed by atoms with Gasteiger partial charge in [0.15, 0.2) is 0 Å². The first-order valence-electron chi connectivity index (χ1n) is 9.79. The van der Waals surface area contributed by atoms with Crippen LogP contribution in [0.15, 0.2) is 53.4 Å². The highest BCUT2D eigenvalue weighted by molar-refractivity contribution is 7.92. The van der Waals surface area contributed by atoms with Gasteiger partial charge in [-0.25, -0.2) is 12.8 Å². The van der Waals surface area contributed by atoms with Crippen LogP contribution in [0, 0.1) is 5.82 Å². The molecular weight excluding hydrogens is 393 g/mol. The zero-order chi connectivity index (χ0) is 20.9. The first-order valence-corrected chi connectivity index (χ1v) is 11.3. The molecule has 6 nitrogen and oxygen atoms in total. The quantitative estimate of drug-likeness (QED) is 0.722. The van der Waals surface area contributed by atoms with Crippen LogP contribution in [0.3, 0.4) is 0 Å². The molecule has 0 bridgehead atoms. The molecule has 156 valence electrons. The fourth-order valence-electron chi connectivity index (χ4n) is 3.40. The number of carbonyl (C=O) groups is 1. The highest BCUT2D eigenvalue weighted by atomic mass is 32.2.